The Kier molecular flexibility index (Phi) is 3.27. The van der Waals surface area contributed by atoms with E-state index in [0.717, 1.165) is 45.3 Å². The summed E-state index contributed by atoms with van der Waals surface area (Å²) in [5, 5.41) is 2.96. The van der Waals surface area contributed by atoms with Gasteiger partial charge in [-0.1, -0.05) is 0 Å². The third-order valence-corrected chi connectivity index (χ3v) is 3.48. The second-order valence-electron chi connectivity index (χ2n) is 4.40. The molecular formula is C12H18N2O. The van der Waals surface area contributed by atoms with Crippen molar-refractivity contribution in [3.05, 3.63) is 0 Å². The molecule has 2 unspecified atom stereocenters. The highest BCUT2D eigenvalue weighted by atomic mass is 16.2. The lowest BCUT2D eigenvalue weighted by Crippen LogP contribution is -2.45. The number of amides is 1. The van der Waals surface area contributed by atoms with Gasteiger partial charge in [-0.3, -0.25) is 9.69 Å². The fraction of sp³-hybridized carbons (Fsp3) is 0.750. The van der Waals surface area contributed by atoms with Crippen molar-refractivity contribution in [1.82, 2.24) is 10.2 Å². The highest BCUT2D eigenvalue weighted by molar-refractivity contribution is 5.82. The van der Waals surface area contributed by atoms with Crippen molar-refractivity contribution >= 4 is 5.91 Å². The van der Waals surface area contributed by atoms with Crippen LogP contribution in [0.15, 0.2) is 0 Å². The minimum absolute atomic E-state index is 0.240. The monoisotopic (exact) mass is 206 g/mol. The highest BCUT2D eigenvalue weighted by Gasteiger charge is 2.40. The number of unbranched alkanes of at least 4 members (excludes halogenated alkanes) is 1. The van der Waals surface area contributed by atoms with Gasteiger partial charge in [-0.15, -0.1) is 12.3 Å². The van der Waals surface area contributed by atoms with Gasteiger partial charge in [0.15, 0.2) is 0 Å². The fourth-order valence-corrected chi connectivity index (χ4v) is 2.70. The van der Waals surface area contributed by atoms with Crippen LogP contribution in [-0.2, 0) is 4.79 Å². The van der Waals surface area contributed by atoms with E-state index < -0.39 is 0 Å². The molecule has 1 amide bonds. The van der Waals surface area contributed by atoms with Crippen LogP contribution in [0, 0.1) is 18.3 Å². The van der Waals surface area contributed by atoms with E-state index in [2.05, 4.69) is 16.1 Å². The van der Waals surface area contributed by atoms with Crippen LogP contribution in [0.1, 0.15) is 25.7 Å². The van der Waals surface area contributed by atoms with Crippen LogP contribution in [0.3, 0.4) is 0 Å². The van der Waals surface area contributed by atoms with E-state index in [0.29, 0.717) is 6.04 Å². The van der Waals surface area contributed by atoms with Gasteiger partial charge in [-0.2, -0.15) is 0 Å². The molecule has 0 aromatic carbocycles. The summed E-state index contributed by atoms with van der Waals surface area (Å²) in [4.78, 5) is 13.9. The first-order chi connectivity index (χ1) is 7.33. The molecule has 1 N–H and O–H groups in total. The smallest absolute Gasteiger partial charge is 0.224 e. The van der Waals surface area contributed by atoms with Crippen LogP contribution in [0.4, 0.5) is 0 Å². The van der Waals surface area contributed by atoms with Crippen LogP contribution in [0.25, 0.3) is 0 Å². The Hall–Kier alpha value is -1.01. The molecule has 2 aliphatic rings. The van der Waals surface area contributed by atoms with Gasteiger partial charge in [0.1, 0.15) is 0 Å². The van der Waals surface area contributed by atoms with E-state index in [-0.39, 0.29) is 11.8 Å². The standard InChI is InChI=1S/C12H18N2O/c1-2-3-4-7-14-8-5-6-10-11(14)9-13-12(10)15/h1,10-11H,3-9H2,(H,13,15). The maximum Gasteiger partial charge on any atom is 0.224 e. The quantitative estimate of drug-likeness (QED) is 0.542. The second kappa shape index (κ2) is 4.67. The van der Waals surface area contributed by atoms with Crippen LogP contribution in [0.2, 0.25) is 0 Å². The Balaban J connectivity index is 1.89. The Morgan fingerprint density at radius 1 is 1.60 bits per heavy atom. The molecule has 2 heterocycles. The molecule has 0 radical (unpaired) electrons. The first-order valence-electron chi connectivity index (χ1n) is 5.78. The Bertz CT molecular complexity index is 282. The van der Waals surface area contributed by atoms with Crippen molar-refractivity contribution in [3.8, 4) is 12.3 Å². The minimum atomic E-state index is 0.240. The van der Waals surface area contributed by atoms with E-state index >= 15 is 0 Å². The van der Waals surface area contributed by atoms with E-state index in [9.17, 15) is 4.79 Å². The lowest BCUT2D eigenvalue weighted by Gasteiger charge is -2.35. The number of nitrogens with one attached hydrogen (secondary N) is 1. The summed E-state index contributed by atoms with van der Waals surface area (Å²) >= 11 is 0. The molecule has 2 rings (SSSR count). The fourth-order valence-electron chi connectivity index (χ4n) is 2.70. The van der Waals surface area contributed by atoms with Crippen molar-refractivity contribution < 1.29 is 4.79 Å². The van der Waals surface area contributed by atoms with Crippen LogP contribution < -0.4 is 5.32 Å². The zero-order chi connectivity index (χ0) is 10.7. The third kappa shape index (κ3) is 2.15. The lowest BCUT2D eigenvalue weighted by molar-refractivity contribution is -0.124. The number of hydrogen-bond donors (Lipinski definition) is 1. The van der Waals surface area contributed by atoms with Crippen molar-refractivity contribution in [2.24, 2.45) is 5.92 Å². The van der Waals surface area contributed by atoms with Gasteiger partial charge in [0.25, 0.3) is 0 Å². The molecule has 3 heteroatoms. The molecule has 2 aliphatic heterocycles. The van der Waals surface area contributed by atoms with E-state index in [1.165, 1.54) is 0 Å². The zero-order valence-electron chi connectivity index (χ0n) is 9.04. The van der Waals surface area contributed by atoms with Gasteiger partial charge < -0.3 is 5.32 Å². The number of rotatable bonds is 3. The van der Waals surface area contributed by atoms with Crippen LogP contribution in [0.5, 0.6) is 0 Å². The molecule has 0 aromatic heterocycles. The maximum absolute atomic E-state index is 11.5. The molecule has 2 atom stereocenters. The normalized spacial score (nSPS) is 30.7. The maximum atomic E-state index is 11.5. The third-order valence-electron chi connectivity index (χ3n) is 3.48. The summed E-state index contributed by atoms with van der Waals surface area (Å²) in [5.41, 5.74) is 0. The summed E-state index contributed by atoms with van der Waals surface area (Å²) < 4.78 is 0. The molecular weight excluding hydrogens is 188 g/mol. The number of piperidine rings is 1. The topological polar surface area (TPSA) is 32.3 Å². The Morgan fingerprint density at radius 2 is 2.47 bits per heavy atom. The van der Waals surface area contributed by atoms with Crippen molar-refractivity contribution in [3.63, 3.8) is 0 Å². The average molecular weight is 206 g/mol. The predicted octanol–water partition coefficient (Wildman–Crippen LogP) is 0.610. The highest BCUT2D eigenvalue weighted by Crippen LogP contribution is 2.27. The molecule has 0 spiro atoms. The number of nitrogens with zero attached hydrogens (tertiary/aromatic N) is 1. The van der Waals surface area contributed by atoms with E-state index in [1.54, 1.807) is 0 Å². The molecule has 3 nitrogen and oxygen atoms in total. The zero-order valence-corrected chi connectivity index (χ0v) is 9.04. The minimum Gasteiger partial charge on any atom is -0.354 e. The van der Waals surface area contributed by atoms with Crippen LogP contribution >= 0.6 is 0 Å². The van der Waals surface area contributed by atoms with Gasteiger partial charge in [0.05, 0.1) is 5.92 Å². The number of terminal acetylenes is 1. The Morgan fingerprint density at radius 3 is 3.27 bits per heavy atom. The first-order valence-corrected chi connectivity index (χ1v) is 5.78. The van der Waals surface area contributed by atoms with Crippen molar-refractivity contribution in [2.45, 2.75) is 31.7 Å². The van der Waals surface area contributed by atoms with Crippen LogP contribution in [-0.4, -0.2) is 36.5 Å². The van der Waals surface area contributed by atoms with Gasteiger partial charge in [-0.25, -0.2) is 0 Å². The molecule has 0 saturated carbocycles. The van der Waals surface area contributed by atoms with Crippen molar-refractivity contribution in [2.75, 3.05) is 19.6 Å². The van der Waals surface area contributed by atoms with Gasteiger partial charge >= 0.3 is 0 Å². The summed E-state index contributed by atoms with van der Waals surface area (Å²) in [7, 11) is 0. The molecule has 2 fully saturated rings. The molecule has 0 bridgehead atoms. The summed E-state index contributed by atoms with van der Waals surface area (Å²) in [6, 6.07) is 0.434. The SMILES string of the molecule is C#CCCCN1CCCC2C(=O)NCC21. The molecule has 0 aromatic rings. The average Bonchev–Trinajstić information content (AvgIpc) is 2.62. The Labute approximate surface area is 91.2 Å². The van der Waals surface area contributed by atoms with Gasteiger partial charge in [-0.05, 0) is 32.4 Å². The second-order valence-corrected chi connectivity index (χ2v) is 4.40. The number of carbonyl (C=O) groups is 1. The molecule has 82 valence electrons. The van der Waals surface area contributed by atoms with Gasteiger partial charge in [0.2, 0.25) is 5.91 Å². The summed E-state index contributed by atoms with van der Waals surface area (Å²) in [6.07, 6.45) is 9.33. The van der Waals surface area contributed by atoms with Gasteiger partial charge in [0, 0.05) is 19.0 Å². The number of hydrogen-bond acceptors (Lipinski definition) is 2. The molecule has 2 saturated heterocycles. The lowest BCUT2D eigenvalue weighted by atomic mass is 9.91. The summed E-state index contributed by atoms with van der Waals surface area (Å²) in [5.74, 6) is 3.16. The summed E-state index contributed by atoms with van der Waals surface area (Å²) in [6.45, 7) is 3.00. The number of fused-ring (bicyclic) bond motifs is 1. The first kappa shape index (κ1) is 10.5. The predicted molar refractivity (Wildman–Crippen MR) is 59.2 cm³/mol. The van der Waals surface area contributed by atoms with E-state index in [1.807, 2.05) is 0 Å². The number of carbonyl (C=O) groups excluding carboxylic acids is 1. The largest absolute Gasteiger partial charge is 0.354 e. The van der Waals surface area contributed by atoms with Crippen molar-refractivity contribution in [1.29, 1.82) is 0 Å². The molecule has 0 aliphatic carbocycles. The van der Waals surface area contributed by atoms with E-state index in [4.69, 9.17) is 6.42 Å². The molecule has 15 heavy (non-hydrogen) atoms. The number of likely N-dealkylation sites (tertiary alicyclic amines) is 1.